The molecule has 0 aliphatic carbocycles. The third-order valence-electron chi connectivity index (χ3n) is 2.06. The molecule has 0 saturated heterocycles. The first kappa shape index (κ1) is 9.75. The molecule has 0 atom stereocenters. The molecule has 0 spiro atoms. The maximum absolute atomic E-state index is 9.09. The molecule has 0 aliphatic heterocycles. The van der Waals surface area contributed by atoms with Crippen molar-refractivity contribution in [2.45, 2.75) is 27.2 Å². The van der Waals surface area contributed by atoms with Crippen molar-refractivity contribution >= 4 is 11.3 Å². The average molecular weight is 184 g/mol. The highest BCUT2D eigenvalue weighted by Gasteiger charge is 2.18. The summed E-state index contributed by atoms with van der Waals surface area (Å²) in [7, 11) is 0. The highest BCUT2D eigenvalue weighted by molar-refractivity contribution is 7.08. The van der Waals surface area contributed by atoms with Crippen LogP contribution in [-0.4, -0.2) is 11.7 Å². The number of aliphatic hydroxyl groups excluding tert-OH is 1. The van der Waals surface area contributed by atoms with Crippen LogP contribution in [0.4, 0.5) is 0 Å². The van der Waals surface area contributed by atoms with Crippen LogP contribution in [-0.2, 0) is 6.42 Å². The van der Waals surface area contributed by atoms with Crippen LogP contribution >= 0.6 is 11.3 Å². The van der Waals surface area contributed by atoms with Crippen molar-refractivity contribution < 1.29 is 5.11 Å². The van der Waals surface area contributed by atoms with Crippen LogP contribution in [0.15, 0.2) is 10.8 Å². The van der Waals surface area contributed by atoms with Crippen molar-refractivity contribution in [3.8, 4) is 0 Å². The first-order chi connectivity index (χ1) is 5.55. The maximum Gasteiger partial charge on any atom is 0.0485 e. The van der Waals surface area contributed by atoms with E-state index in [1.165, 1.54) is 11.1 Å². The van der Waals surface area contributed by atoms with Gasteiger partial charge in [0.05, 0.1) is 0 Å². The highest BCUT2D eigenvalue weighted by Crippen LogP contribution is 2.24. The van der Waals surface area contributed by atoms with Gasteiger partial charge >= 0.3 is 0 Å². The predicted molar refractivity (Wildman–Crippen MR) is 53.6 cm³/mol. The summed E-state index contributed by atoms with van der Waals surface area (Å²) in [6.45, 7) is 6.55. The van der Waals surface area contributed by atoms with E-state index in [0.717, 1.165) is 6.42 Å². The lowest BCUT2D eigenvalue weighted by Gasteiger charge is -2.21. The zero-order chi connectivity index (χ0) is 9.19. The summed E-state index contributed by atoms with van der Waals surface area (Å²) < 4.78 is 0. The number of aliphatic hydroxyl groups is 1. The van der Waals surface area contributed by atoms with E-state index in [2.05, 4.69) is 31.5 Å². The Morgan fingerprint density at radius 1 is 1.42 bits per heavy atom. The molecule has 1 heterocycles. The number of thiophene rings is 1. The molecule has 1 aromatic rings. The fraction of sp³-hybridized carbons (Fsp3) is 0.600. The van der Waals surface area contributed by atoms with Gasteiger partial charge in [0.2, 0.25) is 0 Å². The van der Waals surface area contributed by atoms with Gasteiger partial charge in [-0.2, -0.15) is 11.3 Å². The first-order valence-electron chi connectivity index (χ1n) is 4.18. The predicted octanol–water partition coefficient (Wildman–Crippen LogP) is 2.62. The summed E-state index contributed by atoms with van der Waals surface area (Å²) in [5.41, 5.74) is 2.74. The highest BCUT2D eigenvalue weighted by atomic mass is 32.1. The molecule has 1 aromatic heterocycles. The molecule has 12 heavy (non-hydrogen) atoms. The maximum atomic E-state index is 9.09. The van der Waals surface area contributed by atoms with Crippen molar-refractivity contribution in [1.29, 1.82) is 0 Å². The largest absolute Gasteiger partial charge is 0.396 e. The number of rotatable bonds is 3. The van der Waals surface area contributed by atoms with Gasteiger partial charge in [-0.1, -0.05) is 13.8 Å². The zero-order valence-electron chi connectivity index (χ0n) is 7.92. The van der Waals surface area contributed by atoms with Crippen LogP contribution in [0.2, 0.25) is 0 Å². The van der Waals surface area contributed by atoms with E-state index in [9.17, 15) is 0 Å². The fourth-order valence-electron chi connectivity index (χ4n) is 1.14. The molecule has 0 amide bonds. The van der Waals surface area contributed by atoms with E-state index < -0.39 is 0 Å². The lowest BCUT2D eigenvalue weighted by Crippen LogP contribution is -2.19. The molecule has 0 bridgehead atoms. The minimum atomic E-state index is 0.0197. The topological polar surface area (TPSA) is 20.2 Å². The number of hydrogen-bond donors (Lipinski definition) is 1. The number of hydrogen-bond acceptors (Lipinski definition) is 2. The molecule has 0 fully saturated rings. The Balaban J connectivity index is 2.70. The molecule has 0 aromatic carbocycles. The molecule has 1 nitrogen and oxygen atoms in total. The van der Waals surface area contributed by atoms with E-state index in [-0.39, 0.29) is 12.0 Å². The molecule has 0 radical (unpaired) electrons. The Hall–Kier alpha value is -0.340. The number of aryl methyl sites for hydroxylation is 1. The monoisotopic (exact) mass is 184 g/mol. The third-order valence-corrected chi connectivity index (χ3v) is 2.97. The Labute approximate surface area is 78.1 Å². The minimum absolute atomic E-state index is 0.0197. The van der Waals surface area contributed by atoms with Gasteiger partial charge in [0.1, 0.15) is 0 Å². The molecule has 0 saturated carbocycles. The van der Waals surface area contributed by atoms with Crippen molar-refractivity contribution in [2.24, 2.45) is 5.41 Å². The summed E-state index contributed by atoms with van der Waals surface area (Å²) in [5.74, 6) is 0. The molecule has 1 rings (SSSR count). The van der Waals surface area contributed by atoms with Gasteiger partial charge in [0.25, 0.3) is 0 Å². The Bertz CT molecular complexity index is 250. The quantitative estimate of drug-likeness (QED) is 0.765. The van der Waals surface area contributed by atoms with Crippen LogP contribution < -0.4 is 0 Å². The van der Waals surface area contributed by atoms with Gasteiger partial charge in [-0.15, -0.1) is 0 Å². The summed E-state index contributed by atoms with van der Waals surface area (Å²) in [5, 5.41) is 13.4. The van der Waals surface area contributed by atoms with E-state index >= 15 is 0 Å². The van der Waals surface area contributed by atoms with Gasteiger partial charge in [-0.05, 0) is 40.6 Å². The second kappa shape index (κ2) is 3.58. The molecular weight excluding hydrogens is 168 g/mol. The normalized spacial score (nSPS) is 12.0. The van der Waals surface area contributed by atoms with Gasteiger partial charge in [-0.25, -0.2) is 0 Å². The summed E-state index contributed by atoms with van der Waals surface area (Å²) in [6, 6.07) is 0. The lowest BCUT2D eigenvalue weighted by atomic mass is 9.87. The molecule has 68 valence electrons. The van der Waals surface area contributed by atoms with Crippen LogP contribution in [0.1, 0.15) is 25.0 Å². The summed E-state index contributed by atoms with van der Waals surface area (Å²) in [4.78, 5) is 0. The second-order valence-corrected chi connectivity index (χ2v) is 4.82. The Morgan fingerprint density at radius 3 is 2.50 bits per heavy atom. The molecule has 2 heteroatoms. The second-order valence-electron chi connectivity index (χ2n) is 4.08. The van der Waals surface area contributed by atoms with Crippen molar-refractivity contribution in [2.75, 3.05) is 6.61 Å². The van der Waals surface area contributed by atoms with Crippen molar-refractivity contribution in [3.05, 3.63) is 21.9 Å². The minimum Gasteiger partial charge on any atom is -0.396 e. The fourth-order valence-corrected chi connectivity index (χ4v) is 2.00. The smallest absolute Gasteiger partial charge is 0.0485 e. The lowest BCUT2D eigenvalue weighted by molar-refractivity contribution is 0.159. The van der Waals surface area contributed by atoms with Crippen LogP contribution in [0.3, 0.4) is 0 Å². The third kappa shape index (κ3) is 2.32. The summed E-state index contributed by atoms with van der Waals surface area (Å²) >= 11 is 1.74. The molecule has 0 aliphatic rings. The Morgan fingerprint density at radius 2 is 2.08 bits per heavy atom. The standard InChI is InChI=1S/C10H16OS/c1-8-5-12-6-9(8)4-10(2,3)7-11/h5-6,11H,4,7H2,1-3H3. The first-order valence-corrected chi connectivity index (χ1v) is 5.12. The molecular formula is C10H16OS. The van der Waals surface area contributed by atoms with Crippen molar-refractivity contribution in [3.63, 3.8) is 0 Å². The van der Waals surface area contributed by atoms with E-state index in [1.807, 2.05) is 0 Å². The molecule has 0 unspecified atom stereocenters. The van der Waals surface area contributed by atoms with E-state index in [1.54, 1.807) is 11.3 Å². The SMILES string of the molecule is Cc1cscc1CC(C)(C)CO. The van der Waals surface area contributed by atoms with Gasteiger partial charge in [-0.3, -0.25) is 0 Å². The van der Waals surface area contributed by atoms with Crippen LogP contribution in [0.25, 0.3) is 0 Å². The van der Waals surface area contributed by atoms with E-state index in [4.69, 9.17) is 5.11 Å². The molecule has 1 N–H and O–H groups in total. The zero-order valence-corrected chi connectivity index (χ0v) is 8.74. The van der Waals surface area contributed by atoms with Crippen molar-refractivity contribution in [1.82, 2.24) is 0 Å². The van der Waals surface area contributed by atoms with E-state index in [0.29, 0.717) is 0 Å². The van der Waals surface area contributed by atoms with Gasteiger partial charge < -0.3 is 5.11 Å². The average Bonchev–Trinajstić information content (AvgIpc) is 2.36. The van der Waals surface area contributed by atoms with Gasteiger partial charge in [0, 0.05) is 6.61 Å². The Kier molecular flexibility index (Phi) is 2.91. The van der Waals surface area contributed by atoms with Crippen LogP contribution in [0, 0.1) is 12.3 Å². The van der Waals surface area contributed by atoms with Crippen LogP contribution in [0.5, 0.6) is 0 Å². The van der Waals surface area contributed by atoms with Gasteiger partial charge in [0.15, 0.2) is 0 Å². The summed E-state index contributed by atoms with van der Waals surface area (Å²) in [6.07, 6.45) is 0.971.